The Labute approximate surface area is 158 Å². The van der Waals surface area contributed by atoms with Crippen molar-refractivity contribution in [2.45, 2.75) is 18.4 Å². The van der Waals surface area contributed by atoms with Gasteiger partial charge in [0, 0.05) is 17.3 Å². The van der Waals surface area contributed by atoms with Crippen molar-refractivity contribution >= 4 is 38.9 Å². The van der Waals surface area contributed by atoms with E-state index in [9.17, 15) is 9.00 Å². The number of carbonyl (C=O) groups excluding carboxylic acids is 1. The maximum absolute atomic E-state index is 12.3. The second kappa shape index (κ2) is 8.25. The number of thiazole rings is 1. The van der Waals surface area contributed by atoms with Crippen LogP contribution in [-0.2, 0) is 22.1 Å². The molecule has 0 fully saturated rings. The predicted octanol–water partition coefficient (Wildman–Crippen LogP) is 4.29. The Hall–Kier alpha value is -2.51. The standard InChI is InChI=1S/C19H18N2O3S2/c1-13-7-9-14(10-8-13)20-19-21-15(12-25-19)11-24-18(22)16-5-3-4-6-17(16)26(2)23/h3-10,12H,11H2,1-2H3,(H,20,21)/t26-/m0/s1. The zero-order chi connectivity index (χ0) is 18.5. The van der Waals surface area contributed by atoms with E-state index in [1.807, 2.05) is 36.6 Å². The lowest BCUT2D eigenvalue weighted by atomic mass is 10.2. The van der Waals surface area contributed by atoms with Gasteiger partial charge in [-0.2, -0.15) is 0 Å². The zero-order valence-corrected chi connectivity index (χ0v) is 16.0. The fourth-order valence-corrected chi connectivity index (χ4v) is 3.74. The van der Waals surface area contributed by atoms with Gasteiger partial charge in [-0.25, -0.2) is 9.78 Å². The average Bonchev–Trinajstić information content (AvgIpc) is 3.09. The number of rotatable bonds is 6. The van der Waals surface area contributed by atoms with Crippen molar-refractivity contribution in [2.75, 3.05) is 11.6 Å². The van der Waals surface area contributed by atoms with Gasteiger partial charge >= 0.3 is 5.97 Å². The molecule has 0 spiro atoms. The zero-order valence-electron chi connectivity index (χ0n) is 14.4. The Bertz CT molecular complexity index is 936. The molecule has 7 heteroatoms. The Morgan fingerprint density at radius 2 is 1.92 bits per heavy atom. The number of hydrogen-bond donors (Lipinski definition) is 1. The number of anilines is 2. The molecule has 0 saturated carbocycles. The molecule has 1 heterocycles. The molecule has 0 aliphatic carbocycles. The molecule has 0 amide bonds. The lowest BCUT2D eigenvalue weighted by Gasteiger charge is -2.06. The molecule has 0 aliphatic rings. The monoisotopic (exact) mass is 386 g/mol. The highest BCUT2D eigenvalue weighted by Crippen LogP contribution is 2.22. The molecule has 0 unspecified atom stereocenters. The van der Waals surface area contributed by atoms with Crippen molar-refractivity contribution in [2.24, 2.45) is 0 Å². The van der Waals surface area contributed by atoms with Gasteiger partial charge < -0.3 is 10.1 Å². The number of aromatic nitrogens is 1. The quantitative estimate of drug-likeness (QED) is 0.640. The molecule has 134 valence electrons. The van der Waals surface area contributed by atoms with Crippen LogP contribution in [0.25, 0.3) is 0 Å². The summed E-state index contributed by atoms with van der Waals surface area (Å²) in [7, 11) is -1.25. The molecule has 1 N–H and O–H groups in total. The molecule has 1 atom stereocenters. The molecule has 26 heavy (non-hydrogen) atoms. The first-order chi connectivity index (χ1) is 12.5. The number of nitrogens with one attached hydrogen (secondary N) is 1. The molecule has 0 aliphatic heterocycles. The Kier molecular flexibility index (Phi) is 5.80. The first-order valence-electron chi connectivity index (χ1n) is 7.90. The van der Waals surface area contributed by atoms with Crippen LogP contribution >= 0.6 is 11.3 Å². The maximum Gasteiger partial charge on any atom is 0.339 e. The number of nitrogens with zero attached hydrogens (tertiary/aromatic N) is 1. The smallest absolute Gasteiger partial charge is 0.339 e. The average molecular weight is 386 g/mol. The maximum atomic E-state index is 12.3. The fourth-order valence-electron chi connectivity index (χ4n) is 2.29. The molecule has 1 aromatic heterocycles. The number of hydrogen-bond acceptors (Lipinski definition) is 6. The first-order valence-corrected chi connectivity index (χ1v) is 10.3. The van der Waals surface area contributed by atoms with Crippen LogP contribution < -0.4 is 5.32 Å². The Morgan fingerprint density at radius 1 is 1.19 bits per heavy atom. The molecule has 3 aromatic rings. The third-order valence-electron chi connectivity index (χ3n) is 3.62. The fraction of sp³-hybridized carbons (Fsp3) is 0.158. The van der Waals surface area contributed by atoms with E-state index in [4.69, 9.17) is 4.74 Å². The van der Waals surface area contributed by atoms with Crippen LogP contribution in [0.2, 0.25) is 0 Å². The van der Waals surface area contributed by atoms with Gasteiger partial charge in [-0.1, -0.05) is 29.8 Å². The molecular weight excluding hydrogens is 368 g/mol. The highest BCUT2D eigenvalue weighted by molar-refractivity contribution is 7.84. The molecule has 3 rings (SSSR count). The third-order valence-corrected chi connectivity index (χ3v) is 5.40. The van der Waals surface area contributed by atoms with Crippen LogP contribution in [0.5, 0.6) is 0 Å². The van der Waals surface area contributed by atoms with E-state index in [1.165, 1.54) is 23.2 Å². The summed E-state index contributed by atoms with van der Waals surface area (Å²) < 4.78 is 17.1. The van der Waals surface area contributed by atoms with E-state index in [0.29, 0.717) is 16.2 Å². The molecule has 0 radical (unpaired) electrons. The van der Waals surface area contributed by atoms with Crippen molar-refractivity contribution in [3.63, 3.8) is 0 Å². The SMILES string of the molecule is Cc1ccc(Nc2nc(COC(=O)c3ccccc3[S@](C)=O)cs2)cc1. The summed E-state index contributed by atoms with van der Waals surface area (Å²) in [6.07, 6.45) is 1.54. The van der Waals surface area contributed by atoms with Crippen LogP contribution in [0.3, 0.4) is 0 Å². The summed E-state index contributed by atoms with van der Waals surface area (Å²) in [5.41, 5.74) is 3.12. The summed E-state index contributed by atoms with van der Waals surface area (Å²) in [5.74, 6) is -0.503. The molecule has 2 aromatic carbocycles. The van der Waals surface area contributed by atoms with Gasteiger partial charge in [0.1, 0.15) is 6.61 Å². The normalized spacial score (nSPS) is 11.8. The molecule has 5 nitrogen and oxygen atoms in total. The summed E-state index contributed by atoms with van der Waals surface area (Å²) in [6.45, 7) is 2.10. The van der Waals surface area contributed by atoms with Crippen LogP contribution in [0, 0.1) is 6.92 Å². The Balaban J connectivity index is 1.62. The Morgan fingerprint density at radius 3 is 2.65 bits per heavy atom. The van der Waals surface area contributed by atoms with Crippen LogP contribution in [-0.4, -0.2) is 21.4 Å². The number of benzene rings is 2. The number of esters is 1. The minimum absolute atomic E-state index is 0.0651. The van der Waals surface area contributed by atoms with Crippen molar-refractivity contribution < 1.29 is 13.7 Å². The van der Waals surface area contributed by atoms with Gasteiger partial charge in [0.25, 0.3) is 0 Å². The number of ether oxygens (including phenoxy) is 1. The van der Waals surface area contributed by atoms with E-state index in [1.54, 1.807) is 24.3 Å². The topological polar surface area (TPSA) is 68.3 Å². The highest BCUT2D eigenvalue weighted by Gasteiger charge is 2.15. The van der Waals surface area contributed by atoms with E-state index in [2.05, 4.69) is 10.3 Å². The van der Waals surface area contributed by atoms with Crippen molar-refractivity contribution in [3.05, 3.63) is 70.7 Å². The minimum atomic E-state index is -1.25. The molecule has 0 bridgehead atoms. The summed E-state index contributed by atoms with van der Waals surface area (Å²) in [4.78, 5) is 17.2. The van der Waals surface area contributed by atoms with E-state index >= 15 is 0 Å². The van der Waals surface area contributed by atoms with Gasteiger partial charge in [0.05, 0.1) is 27.0 Å². The van der Waals surface area contributed by atoms with Gasteiger partial charge in [0.15, 0.2) is 5.13 Å². The van der Waals surface area contributed by atoms with Crippen LogP contribution in [0.15, 0.2) is 58.8 Å². The van der Waals surface area contributed by atoms with Crippen LogP contribution in [0.1, 0.15) is 21.6 Å². The number of aryl methyl sites for hydroxylation is 1. The summed E-state index contributed by atoms with van der Waals surface area (Å²) in [6, 6.07) is 14.8. The van der Waals surface area contributed by atoms with Gasteiger partial charge in [-0.05, 0) is 31.2 Å². The second-order valence-corrected chi connectivity index (χ2v) is 7.87. The minimum Gasteiger partial charge on any atom is -0.456 e. The first kappa shape index (κ1) is 18.3. The molecule has 0 saturated heterocycles. The van der Waals surface area contributed by atoms with E-state index < -0.39 is 16.8 Å². The predicted molar refractivity (Wildman–Crippen MR) is 104 cm³/mol. The van der Waals surface area contributed by atoms with Crippen molar-refractivity contribution in [3.8, 4) is 0 Å². The van der Waals surface area contributed by atoms with E-state index in [-0.39, 0.29) is 6.61 Å². The second-order valence-electron chi connectivity index (χ2n) is 5.66. The van der Waals surface area contributed by atoms with Crippen molar-refractivity contribution in [1.29, 1.82) is 0 Å². The van der Waals surface area contributed by atoms with Crippen molar-refractivity contribution in [1.82, 2.24) is 4.98 Å². The highest BCUT2D eigenvalue weighted by atomic mass is 32.2. The third kappa shape index (κ3) is 4.56. The van der Waals surface area contributed by atoms with Gasteiger partial charge in [0.2, 0.25) is 0 Å². The van der Waals surface area contributed by atoms with Gasteiger partial charge in [-0.15, -0.1) is 11.3 Å². The lowest BCUT2D eigenvalue weighted by Crippen LogP contribution is -2.09. The lowest BCUT2D eigenvalue weighted by molar-refractivity contribution is 0.0464. The summed E-state index contributed by atoms with van der Waals surface area (Å²) >= 11 is 1.44. The number of carbonyl (C=O) groups is 1. The summed E-state index contributed by atoms with van der Waals surface area (Å²) in [5, 5.41) is 5.79. The van der Waals surface area contributed by atoms with Crippen LogP contribution in [0.4, 0.5) is 10.8 Å². The van der Waals surface area contributed by atoms with E-state index in [0.717, 1.165) is 10.8 Å². The van der Waals surface area contributed by atoms with Gasteiger partial charge in [-0.3, -0.25) is 4.21 Å². The molecular formula is C19H18N2O3S2. The largest absolute Gasteiger partial charge is 0.456 e.